The third-order valence-electron chi connectivity index (χ3n) is 3.07. The van der Waals surface area contributed by atoms with E-state index in [9.17, 15) is 0 Å². The van der Waals surface area contributed by atoms with Crippen molar-refractivity contribution in [1.82, 2.24) is 9.78 Å². The molecule has 4 heteroatoms. The molecule has 0 atom stereocenters. The molecule has 0 bridgehead atoms. The number of halogens is 1. The van der Waals surface area contributed by atoms with Crippen LogP contribution in [0.4, 0.5) is 0 Å². The summed E-state index contributed by atoms with van der Waals surface area (Å²) >= 11 is 2.35. The number of nitrogens with zero attached hydrogens (tertiary/aromatic N) is 2. The zero-order valence-corrected chi connectivity index (χ0v) is 12.1. The molecule has 2 rings (SSSR count). The van der Waals surface area contributed by atoms with Gasteiger partial charge in [0, 0.05) is 0 Å². The third-order valence-corrected chi connectivity index (χ3v) is 3.97. The normalized spacial score (nSPS) is 17.5. The maximum absolute atomic E-state index is 5.70. The second-order valence-corrected chi connectivity index (χ2v) is 5.84. The standard InChI is InChI=1S/C12H19IN2O/c1-9(2)16-8-12-11(13)7-14-15(12)10-5-3-4-6-10/h7,9-10H,3-6,8H2,1-2H3. The van der Waals surface area contributed by atoms with Crippen LogP contribution in [0.2, 0.25) is 0 Å². The van der Waals surface area contributed by atoms with Gasteiger partial charge in [-0.25, -0.2) is 0 Å². The molecule has 1 saturated carbocycles. The maximum atomic E-state index is 5.70. The van der Waals surface area contributed by atoms with Gasteiger partial charge < -0.3 is 4.74 Å². The van der Waals surface area contributed by atoms with E-state index in [0.717, 1.165) is 0 Å². The summed E-state index contributed by atoms with van der Waals surface area (Å²) < 4.78 is 9.12. The lowest BCUT2D eigenvalue weighted by Gasteiger charge is -2.15. The Morgan fingerprint density at radius 3 is 2.81 bits per heavy atom. The highest BCUT2D eigenvalue weighted by Gasteiger charge is 2.21. The van der Waals surface area contributed by atoms with Crippen LogP contribution in [0.25, 0.3) is 0 Å². The quantitative estimate of drug-likeness (QED) is 0.788. The summed E-state index contributed by atoms with van der Waals surface area (Å²) in [5.41, 5.74) is 1.25. The van der Waals surface area contributed by atoms with E-state index in [-0.39, 0.29) is 6.10 Å². The minimum absolute atomic E-state index is 0.280. The molecular formula is C12H19IN2O. The van der Waals surface area contributed by atoms with Gasteiger partial charge in [0.1, 0.15) is 0 Å². The molecule has 16 heavy (non-hydrogen) atoms. The lowest BCUT2D eigenvalue weighted by atomic mass is 10.2. The Kier molecular flexibility index (Phi) is 4.24. The predicted octanol–water partition coefficient (Wildman–Crippen LogP) is 3.53. The Morgan fingerprint density at radius 1 is 1.50 bits per heavy atom. The molecule has 1 aromatic rings. The van der Waals surface area contributed by atoms with Gasteiger partial charge in [-0.15, -0.1) is 0 Å². The Bertz CT molecular complexity index is 343. The van der Waals surface area contributed by atoms with Crippen molar-refractivity contribution in [1.29, 1.82) is 0 Å². The first-order valence-corrected chi connectivity index (χ1v) is 7.10. The van der Waals surface area contributed by atoms with Gasteiger partial charge in [0.2, 0.25) is 0 Å². The molecule has 0 saturated heterocycles. The van der Waals surface area contributed by atoms with Gasteiger partial charge in [-0.3, -0.25) is 4.68 Å². The van der Waals surface area contributed by atoms with Crippen molar-refractivity contribution in [2.75, 3.05) is 0 Å². The van der Waals surface area contributed by atoms with E-state index in [0.29, 0.717) is 12.6 Å². The number of hydrogen-bond donors (Lipinski definition) is 0. The average molecular weight is 334 g/mol. The van der Waals surface area contributed by atoms with Crippen molar-refractivity contribution < 1.29 is 4.74 Å². The highest BCUT2D eigenvalue weighted by molar-refractivity contribution is 14.1. The monoisotopic (exact) mass is 334 g/mol. The molecule has 0 aliphatic heterocycles. The van der Waals surface area contributed by atoms with Gasteiger partial charge in [-0.1, -0.05) is 12.8 Å². The number of aromatic nitrogens is 2. The van der Waals surface area contributed by atoms with E-state index < -0.39 is 0 Å². The van der Waals surface area contributed by atoms with Gasteiger partial charge in [0.25, 0.3) is 0 Å². The van der Waals surface area contributed by atoms with Crippen molar-refractivity contribution in [3.63, 3.8) is 0 Å². The third kappa shape index (κ3) is 2.77. The van der Waals surface area contributed by atoms with Gasteiger partial charge in [0.15, 0.2) is 0 Å². The molecule has 0 amide bonds. The van der Waals surface area contributed by atoms with Crippen molar-refractivity contribution in [3.8, 4) is 0 Å². The first kappa shape index (κ1) is 12.4. The molecule has 0 radical (unpaired) electrons. The van der Waals surface area contributed by atoms with Crippen molar-refractivity contribution in [2.24, 2.45) is 0 Å². The summed E-state index contributed by atoms with van der Waals surface area (Å²) in [5, 5.41) is 4.50. The van der Waals surface area contributed by atoms with Gasteiger partial charge in [0.05, 0.1) is 34.2 Å². The highest BCUT2D eigenvalue weighted by Crippen LogP contribution is 2.31. The van der Waals surface area contributed by atoms with E-state index in [1.807, 2.05) is 6.20 Å². The van der Waals surface area contributed by atoms with Gasteiger partial charge >= 0.3 is 0 Å². The molecule has 1 aliphatic carbocycles. The van der Waals surface area contributed by atoms with E-state index in [1.54, 1.807) is 0 Å². The highest BCUT2D eigenvalue weighted by atomic mass is 127. The number of ether oxygens (including phenoxy) is 1. The molecule has 0 unspecified atom stereocenters. The molecule has 0 aromatic carbocycles. The van der Waals surface area contributed by atoms with Gasteiger partial charge in [-0.2, -0.15) is 5.10 Å². The molecular weight excluding hydrogens is 315 g/mol. The van der Waals surface area contributed by atoms with E-state index in [1.165, 1.54) is 34.9 Å². The van der Waals surface area contributed by atoms with Crippen molar-refractivity contribution in [3.05, 3.63) is 15.5 Å². The average Bonchev–Trinajstić information content (AvgIpc) is 2.83. The van der Waals surface area contributed by atoms with Crippen molar-refractivity contribution >= 4 is 22.6 Å². The predicted molar refractivity (Wildman–Crippen MR) is 72.4 cm³/mol. The molecule has 1 aromatic heterocycles. The van der Waals surface area contributed by atoms with Crippen LogP contribution in [0.5, 0.6) is 0 Å². The molecule has 0 spiro atoms. The summed E-state index contributed by atoms with van der Waals surface area (Å²) in [5.74, 6) is 0. The Hall–Kier alpha value is -0.100. The summed E-state index contributed by atoms with van der Waals surface area (Å²) in [7, 11) is 0. The Labute approximate surface area is 111 Å². The van der Waals surface area contributed by atoms with Crippen LogP contribution in [0.3, 0.4) is 0 Å². The van der Waals surface area contributed by atoms with E-state index in [2.05, 4.69) is 46.2 Å². The first-order valence-electron chi connectivity index (χ1n) is 6.02. The molecule has 90 valence electrons. The van der Waals surface area contributed by atoms with Crippen molar-refractivity contribution in [2.45, 2.75) is 58.3 Å². The van der Waals surface area contributed by atoms with Crippen LogP contribution in [0, 0.1) is 3.57 Å². The lowest BCUT2D eigenvalue weighted by Crippen LogP contribution is -2.13. The zero-order valence-electron chi connectivity index (χ0n) is 9.95. The van der Waals surface area contributed by atoms with Crippen LogP contribution < -0.4 is 0 Å². The van der Waals surface area contributed by atoms with E-state index >= 15 is 0 Å². The Morgan fingerprint density at radius 2 is 2.19 bits per heavy atom. The molecule has 3 nitrogen and oxygen atoms in total. The maximum Gasteiger partial charge on any atom is 0.0899 e. The zero-order chi connectivity index (χ0) is 11.5. The lowest BCUT2D eigenvalue weighted by molar-refractivity contribution is 0.0597. The molecule has 1 fully saturated rings. The van der Waals surface area contributed by atoms with Crippen LogP contribution in [0.15, 0.2) is 6.20 Å². The van der Waals surface area contributed by atoms with Crippen LogP contribution in [-0.2, 0) is 11.3 Å². The van der Waals surface area contributed by atoms with Crippen LogP contribution in [-0.4, -0.2) is 15.9 Å². The SMILES string of the molecule is CC(C)OCc1c(I)cnn1C1CCCC1. The largest absolute Gasteiger partial charge is 0.372 e. The summed E-state index contributed by atoms with van der Waals surface area (Å²) in [6, 6.07) is 0.606. The molecule has 1 heterocycles. The topological polar surface area (TPSA) is 27.1 Å². The number of rotatable bonds is 4. The fraction of sp³-hybridized carbons (Fsp3) is 0.750. The van der Waals surface area contributed by atoms with Crippen LogP contribution in [0.1, 0.15) is 51.3 Å². The van der Waals surface area contributed by atoms with Crippen LogP contribution >= 0.6 is 22.6 Å². The molecule has 0 N–H and O–H groups in total. The first-order chi connectivity index (χ1) is 7.68. The second-order valence-electron chi connectivity index (χ2n) is 4.68. The second kappa shape index (κ2) is 5.49. The minimum Gasteiger partial charge on any atom is -0.372 e. The molecule has 1 aliphatic rings. The van der Waals surface area contributed by atoms with Gasteiger partial charge in [-0.05, 0) is 49.3 Å². The summed E-state index contributed by atoms with van der Waals surface area (Å²) in [6.07, 6.45) is 7.45. The summed E-state index contributed by atoms with van der Waals surface area (Å²) in [4.78, 5) is 0. The number of hydrogen-bond acceptors (Lipinski definition) is 2. The smallest absolute Gasteiger partial charge is 0.0899 e. The fourth-order valence-electron chi connectivity index (χ4n) is 2.21. The van der Waals surface area contributed by atoms with E-state index in [4.69, 9.17) is 4.74 Å². The minimum atomic E-state index is 0.280. The summed E-state index contributed by atoms with van der Waals surface area (Å²) in [6.45, 7) is 4.83. The fourth-order valence-corrected chi connectivity index (χ4v) is 2.74. The Balaban J connectivity index is 2.11.